The largest absolute Gasteiger partial charge is 0.483 e. The van der Waals surface area contributed by atoms with Crippen molar-refractivity contribution in [2.45, 2.75) is 13.0 Å². The fraction of sp³-hybridized carbons (Fsp3) is 0.148. The van der Waals surface area contributed by atoms with E-state index in [4.69, 9.17) is 17.0 Å². The van der Waals surface area contributed by atoms with Crippen molar-refractivity contribution in [1.82, 2.24) is 10.2 Å². The molecule has 7 heteroatoms. The van der Waals surface area contributed by atoms with Crippen LogP contribution in [0.3, 0.4) is 0 Å². The third kappa shape index (κ3) is 6.34. The zero-order valence-corrected chi connectivity index (χ0v) is 20.1. The number of nitrogens with zero attached hydrogens (tertiary/aromatic N) is 1. The van der Waals surface area contributed by atoms with E-state index in [0.717, 1.165) is 23.1 Å². The Kier molecular flexibility index (Phi) is 8.12. The van der Waals surface area contributed by atoms with E-state index in [1.165, 1.54) is 11.8 Å². The molecule has 4 rings (SSSR count). The highest BCUT2D eigenvalue weighted by atomic mass is 32.2. The first-order valence-electron chi connectivity index (χ1n) is 10.9. The van der Waals surface area contributed by atoms with Gasteiger partial charge in [0.2, 0.25) is 0 Å². The first kappa shape index (κ1) is 23.7. The van der Waals surface area contributed by atoms with Crippen LogP contribution < -0.4 is 10.1 Å². The number of ether oxygens (including phenoxy) is 1. The number of nitrogens with one attached hydrogen (secondary N) is 1. The molecule has 0 saturated carbocycles. The molecule has 0 aromatic heterocycles. The summed E-state index contributed by atoms with van der Waals surface area (Å²) in [6.07, 6.45) is 2.51. The Morgan fingerprint density at radius 3 is 2.32 bits per heavy atom. The van der Waals surface area contributed by atoms with Crippen molar-refractivity contribution in [3.8, 4) is 5.75 Å². The van der Waals surface area contributed by atoms with E-state index >= 15 is 0 Å². The van der Waals surface area contributed by atoms with Crippen LogP contribution in [0.25, 0.3) is 6.08 Å². The van der Waals surface area contributed by atoms with Crippen LogP contribution in [0.2, 0.25) is 0 Å². The lowest BCUT2D eigenvalue weighted by atomic mass is 10.1. The fourth-order valence-electron chi connectivity index (χ4n) is 3.44. The molecule has 3 aromatic carbocycles. The number of hydrogen-bond acceptors (Lipinski definition) is 5. The number of hydrogen-bond donors (Lipinski definition) is 1. The normalized spacial score (nSPS) is 14.5. The first-order chi connectivity index (χ1) is 16.6. The average molecular weight is 489 g/mol. The lowest BCUT2D eigenvalue weighted by Crippen LogP contribution is -2.30. The molecule has 0 atom stereocenters. The van der Waals surface area contributed by atoms with Crippen LogP contribution in [-0.2, 0) is 22.6 Å². The van der Waals surface area contributed by atoms with E-state index in [9.17, 15) is 9.59 Å². The van der Waals surface area contributed by atoms with Gasteiger partial charge in [-0.2, -0.15) is 0 Å². The average Bonchev–Trinajstić information content (AvgIpc) is 3.14. The number of thiocarbonyl (C=S) groups is 1. The molecule has 2 amide bonds. The molecule has 0 spiro atoms. The molecule has 0 unspecified atom stereocenters. The third-order valence-electron chi connectivity index (χ3n) is 5.24. The van der Waals surface area contributed by atoms with Gasteiger partial charge in [0.05, 0.1) is 4.91 Å². The third-order valence-corrected chi connectivity index (χ3v) is 6.62. The van der Waals surface area contributed by atoms with Crippen LogP contribution in [-0.4, -0.2) is 34.2 Å². The zero-order chi connectivity index (χ0) is 23.8. The van der Waals surface area contributed by atoms with Gasteiger partial charge >= 0.3 is 0 Å². The van der Waals surface area contributed by atoms with Crippen molar-refractivity contribution in [2.75, 3.05) is 13.2 Å². The molecule has 0 bridgehead atoms. The summed E-state index contributed by atoms with van der Waals surface area (Å²) in [4.78, 5) is 27.4. The summed E-state index contributed by atoms with van der Waals surface area (Å²) in [5, 5.41) is 2.85. The highest BCUT2D eigenvalue weighted by Crippen LogP contribution is 2.34. The molecule has 3 aromatic rings. The Morgan fingerprint density at radius 1 is 0.941 bits per heavy atom. The standard InChI is InChI=1S/C27H24N2O3S2/c30-25(28-18-21-11-5-2-6-12-21)19-32-23-14-8-7-13-22(23)17-24-26(31)29(27(33)34-24)16-15-20-9-3-1-4-10-20/h1-14,17H,15-16,18-19H2,(H,28,30)/b24-17-. The van der Waals surface area contributed by atoms with Gasteiger partial charge in [-0.25, -0.2) is 0 Å². The molecular formula is C27H24N2O3S2. The minimum atomic E-state index is -0.217. The number of carbonyl (C=O) groups excluding carboxylic acids is 2. The number of carbonyl (C=O) groups is 2. The Balaban J connectivity index is 1.37. The van der Waals surface area contributed by atoms with Gasteiger partial charge in [0, 0.05) is 18.7 Å². The predicted molar refractivity (Wildman–Crippen MR) is 140 cm³/mol. The van der Waals surface area contributed by atoms with Crippen molar-refractivity contribution in [3.05, 3.63) is 107 Å². The second kappa shape index (κ2) is 11.6. The Bertz CT molecular complexity index is 1200. The van der Waals surface area contributed by atoms with Crippen LogP contribution >= 0.6 is 24.0 Å². The highest BCUT2D eigenvalue weighted by molar-refractivity contribution is 8.26. The Morgan fingerprint density at radius 2 is 1.59 bits per heavy atom. The van der Waals surface area contributed by atoms with E-state index in [-0.39, 0.29) is 18.4 Å². The van der Waals surface area contributed by atoms with Crippen molar-refractivity contribution in [1.29, 1.82) is 0 Å². The lowest BCUT2D eigenvalue weighted by molar-refractivity contribution is -0.123. The van der Waals surface area contributed by atoms with Gasteiger partial charge in [0.15, 0.2) is 6.61 Å². The van der Waals surface area contributed by atoms with Crippen LogP contribution in [0.15, 0.2) is 89.8 Å². The van der Waals surface area contributed by atoms with E-state index in [1.54, 1.807) is 17.0 Å². The number of amides is 2. The quantitative estimate of drug-likeness (QED) is 0.346. The maximum absolute atomic E-state index is 13.0. The van der Waals surface area contributed by atoms with Crippen molar-refractivity contribution in [3.63, 3.8) is 0 Å². The van der Waals surface area contributed by atoms with E-state index < -0.39 is 0 Å². The number of para-hydroxylation sites is 1. The molecular weight excluding hydrogens is 464 g/mol. The van der Waals surface area contributed by atoms with E-state index in [0.29, 0.717) is 28.1 Å². The topological polar surface area (TPSA) is 58.6 Å². The minimum absolute atomic E-state index is 0.110. The Hall–Kier alpha value is -3.42. The summed E-state index contributed by atoms with van der Waals surface area (Å²) in [6.45, 7) is 0.859. The van der Waals surface area contributed by atoms with Crippen molar-refractivity contribution in [2.24, 2.45) is 0 Å². The summed E-state index contributed by atoms with van der Waals surface area (Å²) < 4.78 is 6.32. The summed E-state index contributed by atoms with van der Waals surface area (Å²) in [5.41, 5.74) is 2.90. The zero-order valence-electron chi connectivity index (χ0n) is 18.5. The molecule has 172 valence electrons. The molecule has 34 heavy (non-hydrogen) atoms. The van der Waals surface area contributed by atoms with Gasteiger partial charge in [-0.3, -0.25) is 14.5 Å². The predicted octanol–water partition coefficient (Wildman–Crippen LogP) is 4.83. The molecule has 1 aliphatic heterocycles. The highest BCUT2D eigenvalue weighted by Gasteiger charge is 2.31. The van der Waals surface area contributed by atoms with Crippen LogP contribution in [0, 0.1) is 0 Å². The van der Waals surface area contributed by atoms with Crippen molar-refractivity contribution < 1.29 is 14.3 Å². The lowest BCUT2D eigenvalue weighted by Gasteiger charge is -2.14. The maximum Gasteiger partial charge on any atom is 0.266 e. The smallest absolute Gasteiger partial charge is 0.266 e. The maximum atomic E-state index is 13.0. The van der Waals surface area contributed by atoms with Crippen LogP contribution in [0.1, 0.15) is 16.7 Å². The van der Waals surface area contributed by atoms with Gasteiger partial charge in [0.25, 0.3) is 11.8 Å². The van der Waals surface area contributed by atoms with Gasteiger partial charge in [0.1, 0.15) is 10.1 Å². The minimum Gasteiger partial charge on any atom is -0.483 e. The molecule has 1 fully saturated rings. The molecule has 1 saturated heterocycles. The molecule has 0 radical (unpaired) electrons. The van der Waals surface area contributed by atoms with Gasteiger partial charge < -0.3 is 10.1 Å². The SMILES string of the molecule is O=C(COc1ccccc1/C=C1\SC(=S)N(CCc2ccccc2)C1=O)NCc1ccccc1. The van der Waals surface area contributed by atoms with Gasteiger partial charge in [-0.05, 0) is 29.7 Å². The van der Waals surface area contributed by atoms with Crippen LogP contribution in [0.5, 0.6) is 5.75 Å². The summed E-state index contributed by atoms with van der Waals surface area (Å²) in [7, 11) is 0. The van der Waals surface area contributed by atoms with E-state index in [2.05, 4.69) is 5.32 Å². The van der Waals surface area contributed by atoms with Gasteiger partial charge in [-0.15, -0.1) is 0 Å². The number of benzene rings is 3. The second-order valence-corrected chi connectivity index (χ2v) is 9.33. The van der Waals surface area contributed by atoms with E-state index in [1.807, 2.05) is 78.9 Å². The summed E-state index contributed by atoms with van der Waals surface area (Å²) in [5.74, 6) is 0.208. The molecule has 1 heterocycles. The van der Waals surface area contributed by atoms with Crippen LogP contribution in [0.4, 0.5) is 0 Å². The monoisotopic (exact) mass is 488 g/mol. The summed E-state index contributed by atoms with van der Waals surface area (Å²) in [6, 6.07) is 27.0. The molecule has 5 nitrogen and oxygen atoms in total. The second-order valence-electron chi connectivity index (χ2n) is 7.66. The molecule has 1 N–H and O–H groups in total. The number of thioether (sulfide) groups is 1. The molecule has 1 aliphatic rings. The Labute approximate surface area is 208 Å². The number of rotatable bonds is 9. The fourth-order valence-corrected chi connectivity index (χ4v) is 4.74. The van der Waals surface area contributed by atoms with Gasteiger partial charge in [-0.1, -0.05) is 103 Å². The molecule has 0 aliphatic carbocycles. The first-order valence-corrected chi connectivity index (χ1v) is 12.1. The summed E-state index contributed by atoms with van der Waals surface area (Å²) >= 11 is 6.74. The van der Waals surface area contributed by atoms with Crippen molar-refractivity contribution >= 4 is 46.2 Å².